The van der Waals surface area contributed by atoms with E-state index in [1.54, 1.807) is 0 Å². The topological polar surface area (TPSA) is 0 Å². The van der Waals surface area contributed by atoms with Gasteiger partial charge in [-0.25, -0.2) is 0 Å². The minimum Gasteiger partial charge on any atom is -0.0822 e. The predicted octanol–water partition coefficient (Wildman–Crippen LogP) is 4.17. The molecular weight excluding hydrogens is 144 g/mol. The number of hydrogen-bond acceptors (Lipinski definition) is 0. The lowest BCUT2D eigenvalue weighted by atomic mass is 9.59. The van der Waals surface area contributed by atoms with Crippen molar-refractivity contribution in [3.8, 4) is 0 Å². The van der Waals surface area contributed by atoms with E-state index >= 15 is 0 Å². The van der Waals surface area contributed by atoms with Crippen molar-refractivity contribution in [2.24, 2.45) is 11.3 Å². The van der Waals surface area contributed by atoms with Gasteiger partial charge in [0.25, 0.3) is 0 Å². The summed E-state index contributed by atoms with van der Waals surface area (Å²) in [6.45, 7) is 9.17. The van der Waals surface area contributed by atoms with Crippen molar-refractivity contribution in [1.29, 1.82) is 0 Å². The van der Waals surface area contributed by atoms with Gasteiger partial charge in [0.1, 0.15) is 0 Å². The molecule has 0 aromatic heterocycles. The van der Waals surface area contributed by atoms with Crippen LogP contribution in [0.2, 0.25) is 0 Å². The van der Waals surface area contributed by atoms with E-state index in [2.05, 4.69) is 33.8 Å². The lowest BCUT2D eigenvalue weighted by Crippen LogP contribution is -2.36. The molecule has 0 heteroatoms. The maximum absolute atomic E-state index is 2.47. The van der Waals surface area contributed by atoms with Crippen molar-refractivity contribution in [2.45, 2.75) is 53.4 Å². The maximum atomic E-state index is 2.47. The van der Waals surface area contributed by atoms with E-state index in [1.165, 1.54) is 31.3 Å². The zero-order chi connectivity index (χ0) is 9.19. The van der Waals surface area contributed by atoms with Crippen molar-refractivity contribution >= 4 is 0 Å². The van der Waals surface area contributed by atoms with E-state index in [1.807, 2.05) is 0 Å². The van der Waals surface area contributed by atoms with E-state index < -0.39 is 0 Å². The van der Waals surface area contributed by atoms with Crippen molar-refractivity contribution < 1.29 is 0 Å². The number of rotatable bonds is 3. The largest absolute Gasteiger partial charge is 0.0822 e. The maximum Gasteiger partial charge on any atom is -0.0177 e. The van der Waals surface area contributed by atoms with Crippen LogP contribution in [0.5, 0.6) is 0 Å². The van der Waals surface area contributed by atoms with E-state index in [0.717, 1.165) is 5.92 Å². The van der Waals surface area contributed by atoms with Gasteiger partial charge in [-0.15, -0.1) is 0 Å². The molecule has 0 amide bonds. The average molecular weight is 166 g/mol. The molecule has 0 N–H and O–H groups in total. The van der Waals surface area contributed by atoms with Crippen molar-refractivity contribution in [3.05, 3.63) is 11.6 Å². The Morgan fingerprint density at radius 1 is 1.50 bits per heavy atom. The van der Waals surface area contributed by atoms with Crippen LogP contribution < -0.4 is 0 Å². The molecule has 1 aliphatic rings. The van der Waals surface area contributed by atoms with Crippen LogP contribution in [0.3, 0.4) is 0 Å². The highest BCUT2D eigenvalue weighted by Crippen LogP contribution is 2.50. The highest BCUT2D eigenvalue weighted by atomic mass is 14.4. The molecule has 70 valence electrons. The molecule has 1 saturated carbocycles. The molecule has 0 radical (unpaired) electrons. The Balaban J connectivity index is 2.52. The number of allylic oxidation sites excluding steroid dienone is 2. The Morgan fingerprint density at radius 2 is 2.17 bits per heavy atom. The molecule has 0 aromatic rings. The molecule has 0 spiro atoms. The van der Waals surface area contributed by atoms with Crippen LogP contribution in [0, 0.1) is 11.3 Å². The summed E-state index contributed by atoms with van der Waals surface area (Å²) in [5.74, 6) is 0.877. The first-order chi connectivity index (χ1) is 5.58. The Kier molecular flexibility index (Phi) is 2.98. The summed E-state index contributed by atoms with van der Waals surface area (Å²) in [7, 11) is 0. The highest BCUT2D eigenvalue weighted by Gasteiger charge is 2.39. The SMILES string of the molecule is CCCC1(C)CCC1C=C(C)C. The van der Waals surface area contributed by atoms with E-state index in [0.29, 0.717) is 5.41 Å². The van der Waals surface area contributed by atoms with Gasteiger partial charge in [0.05, 0.1) is 0 Å². The van der Waals surface area contributed by atoms with Gasteiger partial charge >= 0.3 is 0 Å². The van der Waals surface area contributed by atoms with Crippen LogP contribution in [0.1, 0.15) is 53.4 Å². The molecule has 2 unspecified atom stereocenters. The second-order valence-electron chi connectivity index (χ2n) is 4.79. The summed E-state index contributed by atoms with van der Waals surface area (Å²) in [4.78, 5) is 0. The Bertz CT molecular complexity index is 174. The lowest BCUT2D eigenvalue weighted by molar-refractivity contribution is 0.0762. The molecule has 12 heavy (non-hydrogen) atoms. The van der Waals surface area contributed by atoms with Crippen LogP contribution in [0.15, 0.2) is 11.6 Å². The smallest absolute Gasteiger partial charge is 0.0177 e. The lowest BCUT2D eigenvalue weighted by Gasteiger charge is -2.46. The third-order valence-electron chi connectivity index (χ3n) is 3.28. The standard InChI is InChI=1S/C12H22/c1-5-7-12(4)8-6-11(12)9-10(2)3/h9,11H,5-8H2,1-4H3. The molecule has 0 saturated heterocycles. The van der Waals surface area contributed by atoms with Gasteiger partial charge in [0, 0.05) is 0 Å². The molecule has 0 aromatic carbocycles. The molecule has 1 aliphatic carbocycles. The van der Waals surface area contributed by atoms with Gasteiger partial charge in [-0.05, 0) is 44.4 Å². The summed E-state index contributed by atoms with van der Waals surface area (Å²) >= 11 is 0. The zero-order valence-corrected chi connectivity index (χ0v) is 8.98. The van der Waals surface area contributed by atoms with Crippen molar-refractivity contribution in [3.63, 3.8) is 0 Å². The fourth-order valence-electron chi connectivity index (χ4n) is 2.37. The summed E-state index contributed by atoms with van der Waals surface area (Å²) in [6, 6.07) is 0. The van der Waals surface area contributed by atoms with E-state index in [4.69, 9.17) is 0 Å². The van der Waals surface area contributed by atoms with Gasteiger partial charge in [-0.3, -0.25) is 0 Å². The molecular formula is C12H22. The minimum atomic E-state index is 0.645. The quantitative estimate of drug-likeness (QED) is 0.552. The third-order valence-corrected chi connectivity index (χ3v) is 3.28. The predicted molar refractivity (Wildman–Crippen MR) is 55.2 cm³/mol. The normalized spacial score (nSPS) is 34.2. The van der Waals surface area contributed by atoms with E-state index in [9.17, 15) is 0 Å². The summed E-state index contributed by atoms with van der Waals surface area (Å²) < 4.78 is 0. The van der Waals surface area contributed by atoms with E-state index in [-0.39, 0.29) is 0 Å². The Hall–Kier alpha value is -0.260. The Morgan fingerprint density at radius 3 is 2.50 bits per heavy atom. The minimum absolute atomic E-state index is 0.645. The fraction of sp³-hybridized carbons (Fsp3) is 0.833. The molecule has 2 atom stereocenters. The fourth-order valence-corrected chi connectivity index (χ4v) is 2.37. The van der Waals surface area contributed by atoms with Gasteiger partial charge in [0.15, 0.2) is 0 Å². The van der Waals surface area contributed by atoms with Crippen molar-refractivity contribution in [1.82, 2.24) is 0 Å². The summed E-state index contributed by atoms with van der Waals surface area (Å²) in [5.41, 5.74) is 2.13. The zero-order valence-electron chi connectivity index (χ0n) is 8.98. The van der Waals surface area contributed by atoms with Crippen LogP contribution >= 0.6 is 0 Å². The van der Waals surface area contributed by atoms with Gasteiger partial charge in [-0.1, -0.05) is 31.9 Å². The monoisotopic (exact) mass is 166 g/mol. The third kappa shape index (κ3) is 1.91. The summed E-state index contributed by atoms with van der Waals surface area (Å²) in [6.07, 6.45) is 8.07. The second kappa shape index (κ2) is 3.64. The van der Waals surface area contributed by atoms with Crippen LogP contribution in [0.4, 0.5) is 0 Å². The van der Waals surface area contributed by atoms with Gasteiger partial charge in [0.2, 0.25) is 0 Å². The highest BCUT2D eigenvalue weighted by molar-refractivity contribution is 5.07. The number of hydrogen-bond donors (Lipinski definition) is 0. The van der Waals surface area contributed by atoms with Crippen LogP contribution in [-0.4, -0.2) is 0 Å². The first-order valence-electron chi connectivity index (χ1n) is 5.23. The van der Waals surface area contributed by atoms with Crippen LogP contribution in [0.25, 0.3) is 0 Å². The molecule has 1 rings (SSSR count). The van der Waals surface area contributed by atoms with Gasteiger partial charge in [-0.2, -0.15) is 0 Å². The molecule has 0 heterocycles. The first-order valence-corrected chi connectivity index (χ1v) is 5.23. The molecule has 0 aliphatic heterocycles. The van der Waals surface area contributed by atoms with Crippen LogP contribution in [-0.2, 0) is 0 Å². The summed E-state index contributed by atoms with van der Waals surface area (Å²) in [5, 5.41) is 0. The Labute approximate surface area is 77.1 Å². The second-order valence-corrected chi connectivity index (χ2v) is 4.79. The van der Waals surface area contributed by atoms with Crippen molar-refractivity contribution in [2.75, 3.05) is 0 Å². The molecule has 0 nitrogen and oxygen atoms in total. The molecule has 0 bridgehead atoms. The molecule has 1 fully saturated rings. The first kappa shape index (κ1) is 9.83. The average Bonchev–Trinajstić information content (AvgIpc) is 1.99. The van der Waals surface area contributed by atoms with Gasteiger partial charge < -0.3 is 0 Å².